The Morgan fingerprint density at radius 1 is 1.38 bits per heavy atom. The molecule has 1 atom stereocenters. The summed E-state index contributed by atoms with van der Waals surface area (Å²) in [6.45, 7) is 4.15. The summed E-state index contributed by atoms with van der Waals surface area (Å²) in [7, 11) is 0. The molecular formula is C16H18ClN3O. The molecule has 0 aliphatic rings. The summed E-state index contributed by atoms with van der Waals surface area (Å²) >= 11 is 5.93. The number of aryl methyl sites for hydroxylation is 1. The van der Waals surface area contributed by atoms with Gasteiger partial charge in [0.05, 0.1) is 6.54 Å². The first-order chi connectivity index (χ1) is 10.1. The van der Waals surface area contributed by atoms with Gasteiger partial charge in [-0.05, 0) is 43.2 Å². The van der Waals surface area contributed by atoms with Crippen LogP contribution in [-0.4, -0.2) is 17.4 Å². The van der Waals surface area contributed by atoms with E-state index in [0.29, 0.717) is 5.02 Å². The maximum absolute atomic E-state index is 12.0. The normalized spacial score (nSPS) is 12.0. The number of anilines is 1. The number of amides is 1. The van der Waals surface area contributed by atoms with Crippen LogP contribution in [0, 0.1) is 6.92 Å². The van der Waals surface area contributed by atoms with Crippen molar-refractivity contribution in [1.82, 2.24) is 10.3 Å². The van der Waals surface area contributed by atoms with Gasteiger partial charge >= 0.3 is 0 Å². The molecule has 0 fully saturated rings. The van der Waals surface area contributed by atoms with Gasteiger partial charge in [0, 0.05) is 29.1 Å². The van der Waals surface area contributed by atoms with E-state index in [4.69, 9.17) is 11.6 Å². The summed E-state index contributed by atoms with van der Waals surface area (Å²) in [5.41, 5.74) is 2.76. The highest BCUT2D eigenvalue weighted by atomic mass is 35.5. The fraction of sp³-hybridized carbons (Fsp3) is 0.250. The van der Waals surface area contributed by atoms with E-state index in [-0.39, 0.29) is 18.5 Å². The average molecular weight is 304 g/mol. The van der Waals surface area contributed by atoms with Crippen LogP contribution in [0.2, 0.25) is 5.02 Å². The van der Waals surface area contributed by atoms with E-state index in [1.165, 1.54) is 0 Å². The molecule has 2 rings (SSSR count). The van der Waals surface area contributed by atoms with Gasteiger partial charge in [-0.15, -0.1) is 0 Å². The van der Waals surface area contributed by atoms with Crippen LogP contribution in [0.25, 0.3) is 0 Å². The number of rotatable bonds is 5. The number of hydrogen-bond donors (Lipinski definition) is 2. The van der Waals surface area contributed by atoms with Gasteiger partial charge in [-0.2, -0.15) is 0 Å². The van der Waals surface area contributed by atoms with E-state index >= 15 is 0 Å². The standard InChI is InChI=1S/C16H18ClN3O/c1-11-5-6-14(17)8-15(11)20-16(21)10-19-12(2)13-4-3-7-18-9-13/h3-9,12,19H,10H2,1-2H3,(H,20,21). The molecule has 21 heavy (non-hydrogen) atoms. The first-order valence-corrected chi connectivity index (χ1v) is 7.13. The number of halogens is 1. The second-order valence-corrected chi connectivity index (χ2v) is 5.33. The number of nitrogens with zero attached hydrogens (tertiary/aromatic N) is 1. The van der Waals surface area contributed by atoms with E-state index in [1.54, 1.807) is 24.5 Å². The Morgan fingerprint density at radius 2 is 2.19 bits per heavy atom. The summed E-state index contributed by atoms with van der Waals surface area (Å²) in [6.07, 6.45) is 3.52. The Kier molecular flexibility index (Phi) is 5.31. The van der Waals surface area contributed by atoms with Crippen molar-refractivity contribution in [3.8, 4) is 0 Å². The monoisotopic (exact) mass is 303 g/mol. The largest absolute Gasteiger partial charge is 0.325 e. The van der Waals surface area contributed by atoms with Crippen LogP contribution < -0.4 is 10.6 Å². The molecule has 0 saturated carbocycles. The van der Waals surface area contributed by atoms with Gasteiger partial charge < -0.3 is 10.6 Å². The minimum atomic E-state index is -0.101. The highest BCUT2D eigenvalue weighted by Gasteiger charge is 2.09. The molecule has 0 saturated heterocycles. The SMILES string of the molecule is Cc1ccc(Cl)cc1NC(=O)CNC(C)c1cccnc1. The van der Waals surface area contributed by atoms with Crippen LogP contribution in [0.5, 0.6) is 0 Å². The summed E-state index contributed by atoms with van der Waals surface area (Å²) in [5, 5.41) is 6.63. The summed E-state index contributed by atoms with van der Waals surface area (Å²) in [5.74, 6) is -0.101. The van der Waals surface area contributed by atoms with E-state index < -0.39 is 0 Å². The zero-order valence-corrected chi connectivity index (χ0v) is 12.8. The van der Waals surface area contributed by atoms with Crippen LogP contribution in [0.4, 0.5) is 5.69 Å². The zero-order valence-electron chi connectivity index (χ0n) is 12.1. The lowest BCUT2D eigenvalue weighted by molar-refractivity contribution is -0.115. The van der Waals surface area contributed by atoms with Gasteiger partial charge in [0.1, 0.15) is 0 Å². The quantitative estimate of drug-likeness (QED) is 0.891. The lowest BCUT2D eigenvalue weighted by Gasteiger charge is -2.14. The Labute approximate surface area is 129 Å². The molecule has 1 aromatic heterocycles. The molecule has 0 spiro atoms. The predicted octanol–water partition coefficient (Wildman–Crippen LogP) is 3.33. The maximum atomic E-state index is 12.0. The van der Waals surface area contributed by atoms with Crippen LogP contribution in [0.15, 0.2) is 42.7 Å². The van der Waals surface area contributed by atoms with Crippen LogP contribution in [0.3, 0.4) is 0 Å². The van der Waals surface area contributed by atoms with Gasteiger partial charge in [0.15, 0.2) is 0 Å². The van der Waals surface area contributed by atoms with Crippen molar-refractivity contribution in [1.29, 1.82) is 0 Å². The van der Waals surface area contributed by atoms with Crippen molar-refractivity contribution in [3.63, 3.8) is 0 Å². The smallest absolute Gasteiger partial charge is 0.238 e. The third kappa shape index (κ3) is 4.55. The fourth-order valence-electron chi connectivity index (χ4n) is 1.92. The summed E-state index contributed by atoms with van der Waals surface area (Å²) in [4.78, 5) is 16.0. The number of hydrogen-bond acceptors (Lipinski definition) is 3. The van der Waals surface area contributed by atoms with Gasteiger partial charge in [0.25, 0.3) is 0 Å². The van der Waals surface area contributed by atoms with Crippen molar-refractivity contribution in [2.45, 2.75) is 19.9 Å². The molecule has 1 amide bonds. The number of nitrogens with one attached hydrogen (secondary N) is 2. The second kappa shape index (κ2) is 7.20. The van der Waals surface area contributed by atoms with E-state index in [1.807, 2.05) is 32.0 Å². The van der Waals surface area contributed by atoms with Gasteiger partial charge in [-0.1, -0.05) is 23.7 Å². The second-order valence-electron chi connectivity index (χ2n) is 4.90. The number of carbonyl (C=O) groups is 1. The molecule has 110 valence electrons. The Hall–Kier alpha value is -1.91. The Balaban J connectivity index is 1.89. The first kappa shape index (κ1) is 15.5. The van der Waals surface area contributed by atoms with Crippen molar-refractivity contribution in [2.24, 2.45) is 0 Å². The third-order valence-corrected chi connectivity index (χ3v) is 3.46. The number of pyridine rings is 1. The molecule has 0 aliphatic carbocycles. The lowest BCUT2D eigenvalue weighted by atomic mass is 10.1. The van der Waals surface area contributed by atoms with E-state index in [2.05, 4.69) is 15.6 Å². The molecular weight excluding hydrogens is 286 g/mol. The molecule has 0 bridgehead atoms. The molecule has 4 nitrogen and oxygen atoms in total. The molecule has 0 radical (unpaired) electrons. The van der Waals surface area contributed by atoms with Crippen LogP contribution in [0.1, 0.15) is 24.1 Å². The lowest BCUT2D eigenvalue weighted by Crippen LogP contribution is -2.30. The first-order valence-electron chi connectivity index (χ1n) is 6.75. The molecule has 1 aromatic carbocycles. The van der Waals surface area contributed by atoms with Crippen molar-refractivity contribution in [3.05, 3.63) is 58.9 Å². The van der Waals surface area contributed by atoms with Crippen LogP contribution >= 0.6 is 11.6 Å². The molecule has 5 heteroatoms. The molecule has 1 heterocycles. The average Bonchev–Trinajstić information content (AvgIpc) is 2.49. The zero-order chi connectivity index (χ0) is 15.2. The summed E-state index contributed by atoms with van der Waals surface area (Å²) < 4.78 is 0. The van der Waals surface area contributed by atoms with Crippen molar-refractivity contribution >= 4 is 23.2 Å². The Bertz CT molecular complexity index is 616. The number of carbonyl (C=O) groups excluding carboxylic acids is 1. The molecule has 2 N–H and O–H groups in total. The maximum Gasteiger partial charge on any atom is 0.238 e. The van der Waals surface area contributed by atoms with Crippen molar-refractivity contribution < 1.29 is 4.79 Å². The third-order valence-electron chi connectivity index (χ3n) is 3.23. The highest BCUT2D eigenvalue weighted by Crippen LogP contribution is 2.20. The van der Waals surface area contributed by atoms with Gasteiger partial charge in [-0.3, -0.25) is 9.78 Å². The minimum absolute atomic E-state index is 0.0601. The minimum Gasteiger partial charge on any atom is -0.325 e. The Morgan fingerprint density at radius 3 is 2.90 bits per heavy atom. The topological polar surface area (TPSA) is 54.0 Å². The number of aromatic nitrogens is 1. The molecule has 2 aromatic rings. The number of benzene rings is 1. The van der Waals surface area contributed by atoms with Gasteiger partial charge in [-0.25, -0.2) is 0 Å². The fourth-order valence-corrected chi connectivity index (χ4v) is 2.09. The van der Waals surface area contributed by atoms with E-state index in [0.717, 1.165) is 16.8 Å². The molecule has 1 unspecified atom stereocenters. The molecule has 0 aliphatic heterocycles. The summed E-state index contributed by atoms with van der Waals surface area (Å²) in [6, 6.07) is 9.34. The van der Waals surface area contributed by atoms with Gasteiger partial charge in [0.2, 0.25) is 5.91 Å². The van der Waals surface area contributed by atoms with Crippen molar-refractivity contribution in [2.75, 3.05) is 11.9 Å². The predicted molar refractivity (Wildman–Crippen MR) is 85.5 cm³/mol. The van der Waals surface area contributed by atoms with E-state index in [9.17, 15) is 4.79 Å². The van der Waals surface area contributed by atoms with Crippen LogP contribution in [-0.2, 0) is 4.79 Å². The highest BCUT2D eigenvalue weighted by molar-refractivity contribution is 6.31.